The summed E-state index contributed by atoms with van der Waals surface area (Å²) in [5, 5.41) is 3.71. The molecule has 1 saturated heterocycles. The Bertz CT molecular complexity index is 313. The average molecular weight is 240 g/mol. The fourth-order valence-corrected chi connectivity index (χ4v) is 2.19. The molecule has 0 radical (unpaired) electrons. The Balaban J connectivity index is 2.69. The molecule has 1 rings (SSSR count). The van der Waals surface area contributed by atoms with E-state index in [1.807, 2.05) is 0 Å². The van der Waals surface area contributed by atoms with Gasteiger partial charge >= 0.3 is 5.97 Å². The number of esters is 1. The van der Waals surface area contributed by atoms with Crippen molar-refractivity contribution < 1.29 is 9.53 Å². The zero-order valence-corrected chi connectivity index (χ0v) is 10.7. The Morgan fingerprint density at radius 2 is 2.35 bits per heavy atom. The van der Waals surface area contributed by atoms with Gasteiger partial charge in [-0.05, 0) is 24.8 Å². The summed E-state index contributed by atoms with van der Waals surface area (Å²) in [6.45, 7) is 7.85. The molecule has 0 spiro atoms. The summed E-state index contributed by atoms with van der Waals surface area (Å²) in [4.78, 5) is 16.7. The largest absolute Gasteiger partial charge is 0.465 e. The molecular weight excluding hydrogens is 220 g/mol. The van der Waals surface area contributed by atoms with E-state index in [2.05, 4.69) is 28.8 Å². The minimum atomic E-state index is -0.257. The Labute approximate surface area is 102 Å². The van der Waals surface area contributed by atoms with Gasteiger partial charge in [-0.15, -0.1) is 0 Å². The van der Waals surface area contributed by atoms with E-state index in [9.17, 15) is 4.79 Å². The zero-order valence-electron chi connectivity index (χ0n) is 10.7. The van der Waals surface area contributed by atoms with E-state index in [0.717, 1.165) is 6.54 Å². The molecule has 1 fully saturated rings. The second kappa shape index (κ2) is 6.47. The molecule has 0 bridgehead atoms. The molecule has 1 aliphatic rings. The first-order valence-corrected chi connectivity index (χ1v) is 6.03. The van der Waals surface area contributed by atoms with Gasteiger partial charge in [0.1, 0.15) is 6.04 Å². The van der Waals surface area contributed by atoms with E-state index in [1.165, 1.54) is 0 Å². The number of likely N-dealkylation sites (tertiary alicyclic amines) is 1. The van der Waals surface area contributed by atoms with Crippen LogP contribution in [0.25, 0.3) is 10.4 Å². The summed E-state index contributed by atoms with van der Waals surface area (Å²) in [6.07, 6.45) is 0.565. The average Bonchev–Trinajstić information content (AvgIpc) is 2.61. The minimum absolute atomic E-state index is 0.117. The Morgan fingerprint density at radius 1 is 1.65 bits per heavy atom. The summed E-state index contributed by atoms with van der Waals surface area (Å²) in [5.74, 6) is 0.264. The highest BCUT2D eigenvalue weighted by molar-refractivity contribution is 5.76. The standard InChI is InChI=1S/C11H20N4O2/c1-4-17-11(16)10-5-9(13-14-12)7-15(10)6-8(2)3/h8-10H,4-7H2,1-3H3. The summed E-state index contributed by atoms with van der Waals surface area (Å²) < 4.78 is 5.05. The maximum absolute atomic E-state index is 11.8. The Morgan fingerprint density at radius 3 is 2.88 bits per heavy atom. The predicted octanol–water partition coefficient (Wildman–Crippen LogP) is 1.96. The lowest BCUT2D eigenvalue weighted by atomic mass is 10.1. The molecule has 0 amide bonds. The van der Waals surface area contributed by atoms with Gasteiger partial charge in [0.15, 0.2) is 0 Å². The van der Waals surface area contributed by atoms with Crippen LogP contribution in [0.3, 0.4) is 0 Å². The summed E-state index contributed by atoms with van der Waals surface area (Å²) in [6, 6.07) is -0.374. The molecule has 0 aromatic carbocycles. The van der Waals surface area contributed by atoms with Crippen molar-refractivity contribution in [1.29, 1.82) is 0 Å². The zero-order chi connectivity index (χ0) is 12.8. The van der Waals surface area contributed by atoms with Gasteiger partial charge in [-0.25, -0.2) is 0 Å². The first-order chi connectivity index (χ1) is 8.08. The molecule has 17 heavy (non-hydrogen) atoms. The maximum atomic E-state index is 11.8. The highest BCUT2D eigenvalue weighted by atomic mass is 16.5. The van der Waals surface area contributed by atoms with Crippen molar-refractivity contribution in [3.63, 3.8) is 0 Å². The van der Waals surface area contributed by atoms with Gasteiger partial charge in [-0.2, -0.15) is 0 Å². The van der Waals surface area contributed by atoms with Crippen LogP contribution in [-0.4, -0.2) is 42.6 Å². The van der Waals surface area contributed by atoms with E-state index < -0.39 is 0 Å². The third-order valence-electron chi connectivity index (χ3n) is 2.75. The van der Waals surface area contributed by atoms with Gasteiger partial charge in [-0.1, -0.05) is 19.0 Å². The number of azide groups is 1. The molecule has 6 heteroatoms. The molecule has 0 aliphatic carbocycles. The number of carbonyl (C=O) groups is 1. The van der Waals surface area contributed by atoms with Crippen molar-refractivity contribution in [3.8, 4) is 0 Å². The molecule has 0 N–H and O–H groups in total. The molecule has 2 unspecified atom stereocenters. The number of carbonyl (C=O) groups excluding carboxylic acids is 1. The number of nitrogens with zero attached hydrogens (tertiary/aromatic N) is 4. The highest BCUT2D eigenvalue weighted by Gasteiger charge is 2.37. The van der Waals surface area contributed by atoms with E-state index in [-0.39, 0.29) is 18.1 Å². The maximum Gasteiger partial charge on any atom is 0.323 e. The first-order valence-electron chi connectivity index (χ1n) is 6.03. The topological polar surface area (TPSA) is 78.3 Å². The lowest BCUT2D eigenvalue weighted by Crippen LogP contribution is -2.39. The molecule has 96 valence electrons. The first kappa shape index (κ1) is 13.8. The Hall–Kier alpha value is -1.26. The van der Waals surface area contributed by atoms with Gasteiger partial charge in [-0.3, -0.25) is 9.69 Å². The predicted molar refractivity (Wildman–Crippen MR) is 64.4 cm³/mol. The number of hydrogen-bond donors (Lipinski definition) is 0. The van der Waals surface area contributed by atoms with Crippen LogP contribution >= 0.6 is 0 Å². The van der Waals surface area contributed by atoms with Crippen LogP contribution in [-0.2, 0) is 9.53 Å². The van der Waals surface area contributed by atoms with Crippen LogP contribution in [0.4, 0.5) is 0 Å². The number of rotatable bonds is 5. The van der Waals surface area contributed by atoms with Crippen molar-refractivity contribution in [2.45, 2.75) is 39.3 Å². The van der Waals surface area contributed by atoms with Crippen LogP contribution in [0.15, 0.2) is 5.11 Å². The second-order valence-corrected chi connectivity index (χ2v) is 4.71. The van der Waals surface area contributed by atoms with Gasteiger partial charge in [0.05, 0.1) is 12.6 Å². The molecular formula is C11H20N4O2. The summed E-state index contributed by atoms with van der Waals surface area (Å²) in [7, 11) is 0. The van der Waals surface area contributed by atoms with E-state index in [1.54, 1.807) is 6.92 Å². The summed E-state index contributed by atoms with van der Waals surface area (Å²) in [5.41, 5.74) is 8.45. The molecule has 0 aromatic rings. The molecule has 0 saturated carbocycles. The quantitative estimate of drug-likeness (QED) is 0.319. The molecule has 1 heterocycles. The van der Waals surface area contributed by atoms with Crippen molar-refractivity contribution in [1.82, 2.24) is 4.90 Å². The number of ether oxygens (including phenoxy) is 1. The normalized spacial score (nSPS) is 24.7. The van der Waals surface area contributed by atoms with Crippen molar-refractivity contribution >= 4 is 5.97 Å². The van der Waals surface area contributed by atoms with Gasteiger partial charge in [0.2, 0.25) is 0 Å². The van der Waals surface area contributed by atoms with Crippen LogP contribution in [0.1, 0.15) is 27.2 Å². The fourth-order valence-electron chi connectivity index (χ4n) is 2.19. The van der Waals surface area contributed by atoms with Gasteiger partial charge in [0.25, 0.3) is 0 Å². The number of hydrogen-bond acceptors (Lipinski definition) is 4. The van der Waals surface area contributed by atoms with E-state index >= 15 is 0 Å². The lowest BCUT2D eigenvalue weighted by Gasteiger charge is -2.24. The minimum Gasteiger partial charge on any atom is -0.465 e. The highest BCUT2D eigenvalue weighted by Crippen LogP contribution is 2.22. The molecule has 0 aromatic heterocycles. The van der Waals surface area contributed by atoms with Crippen LogP contribution in [0.5, 0.6) is 0 Å². The Kier molecular flexibility index (Phi) is 5.25. The molecule has 1 aliphatic heterocycles. The third-order valence-corrected chi connectivity index (χ3v) is 2.75. The van der Waals surface area contributed by atoms with Gasteiger partial charge < -0.3 is 4.74 Å². The van der Waals surface area contributed by atoms with E-state index in [0.29, 0.717) is 25.5 Å². The second-order valence-electron chi connectivity index (χ2n) is 4.71. The van der Waals surface area contributed by atoms with Crippen molar-refractivity contribution in [2.75, 3.05) is 19.7 Å². The third kappa shape index (κ3) is 3.91. The monoisotopic (exact) mass is 240 g/mol. The smallest absolute Gasteiger partial charge is 0.323 e. The molecule has 6 nitrogen and oxygen atoms in total. The van der Waals surface area contributed by atoms with Crippen LogP contribution in [0, 0.1) is 5.92 Å². The van der Waals surface area contributed by atoms with E-state index in [4.69, 9.17) is 10.3 Å². The van der Waals surface area contributed by atoms with Crippen LogP contribution in [0.2, 0.25) is 0 Å². The lowest BCUT2D eigenvalue weighted by molar-refractivity contribution is -0.148. The van der Waals surface area contributed by atoms with Crippen molar-refractivity contribution in [3.05, 3.63) is 10.4 Å². The SMILES string of the molecule is CCOC(=O)C1CC(N=[N+]=[N-])CN1CC(C)C. The van der Waals surface area contributed by atoms with Crippen LogP contribution < -0.4 is 0 Å². The summed E-state index contributed by atoms with van der Waals surface area (Å²) >= 11 is 0. The van der Waals surface area contributed by atoms with Gasteiger partial charge in [0, 0.05) is 18.0 Å². The molecule has 2 atom stereocenters. The fraction of sp³-hybridized carbons (Fsp3) is 0.909. The van der Waals surface area contributed by atoms with Crippen molar-refractivity contribution in [2.24, 2.45) is 11.0 Å².